The van der Waals surface area contributed by atoms with Crippen molar-refractivity contribution in [1.29, 1.82) is 0 Å². The molecular weight excluding hydrogens is 196 g/mol. The fourth-order valence-corrected chi connectivity index (χ4v) is 1.86. The van der Waals surface area contributed by atoms with Crippen LogP contribution < -0.4 is 10.6 Å². The highest BCUT2D eigenvalue weighted by molar-refractivity contribution is 7.80. The minimum absolute atomic E-state index is 0.0360. The summed E-state index contributed by atoms with van der Waals surface area (Å²) in [6.07, 6.45) is 0.441. The van der Waals surface area contributed by atoms with Gasteiger partial charge in [-0.05, 0) is 18.2 Å². The molecule has 0 spiro atoms. The number of thiol groups is 1. The predicted molar refractivity (Wildman–Crippen MR) is 58.6 cm³/mol. The third-order valence-corrected chi connectivity index (χ3v) is 2.57. The summed E-state index contributed by atoms with van der Waals surface area (Å²) >= 11 is 4.23. The standard InChI is InChI=1S/C10H12N2OS/c11-7-4-10(13)12(6-7)8-2-1-3-9(14)5-8/h1-3,5,7,14H,4,6,11H2. The van der Waals surface area contributed by atoms with Crippen molar-refractivity contribution >= 4 is 24.2 Å². The first-order valence-corrected chi connectivity index (χ1v) is 4.96. The fourth-order valence-electron chi connectivity index (χ4n) is 1.65. The Morgan fingerprint density at radius 3 is 2.86 bits per heavy atom. The van der Waals surface area contributed by atoms with Crippen molar-refractivity contribution in [3.05, 3.63) is 24.3 Å². The maximum atomic E-state index is 11.5. The second kappa shape index (κ2) is 3.63. The lowest BCUT2D eigenvalue weighted by atomic mass is 10.3. The average molecular weight is 208 g/mol. The minimum atomic E-state index is -0.0360. The molecule has 3 nitrogen and oxygen atoms in total. The van der Waals surface area contributed by atoms with E-state index in [1.807, 2.05) is 24.3 Å². The van der Waals surface area contributed by atoms with Gasteiger partial charge in [-0.3, -0.25) is 4.79 Å². The highest BCUT2D eigenvalue weighted by Gasteiger charge is 2.27. The molecule has 1 atom stereocenters. The molecule has 74 valence electrons. The normalized spacial score (nSPS) is 21.7. The summed E-state index contributed by atoms with van der Waals surface area (Å²) in [5, 5.41) is 0. The number of benzene rings is 1. The number of nitrogens with two attached hydrogens (primary N) is 1. The summed E-state index contributed by atoms with van der Waals surface area (Å²) in [6, 6.07) is 7.50. The van der Waals surface area contributed by atoms with Gasteiger partial charge in [0.2, 0.25) is 5.91 Å². The Morgan fingerprint density at radius 1 is 1.50 bits per heavy atom. The first kappa shape index (κ1) is 9.55. The van der Waals surface area contributed by atoms with Gasteiger partial charge in [0.15, 0.2) is 0 Å². The van der Waals surface area contributed by atoms with Crippen LogP contribution in [0.25, 0.3) is 0 Å². The molecule has 1 amide bonds. The Bertz CT molecular complexity index is 367. The first-order chi connectivity index (χ1) is 6.66. The van der Waals surface area contributed by atoms with Crippen molar-refractivity contribution in [3.8, 4) is 0 Å². The lowest BCUT2D eigenvalue weighted by Gasteiger charge is -2.16. The molecule has 2 N–H and O–H groups in total. The smallest absolute Gasteiger partial charge is 0.228 e. The monoisotopic (exact) mass is 208 g/mol. The number of carbonyl (C=O) groups excluding carboxylic acids is 1. The number of hydrogen-bond acceptors (Lipinski definition) is 3. The zero-order valence-electron chi connectivity index (χ0n) is 7.68. The summed E-state index contributed by atoms with van der Waals surface area (Å²) in [6.45, 7) is 0.607. The maximum absolute atomic E-state index is 11.5. The number of nitrogens with zero attached hydrogens (tertiary/aromatic N) is 1. The Hall–Kier alpha value is -1.00. The molecule has 14 heavy (non-hydrogen) atoms. The fraction of sp³-hybridized carbons (Fsp3) is 0.300. The van der Waals surface area contributed by atoms with Crippen molar-refractivity contribution in [2.45, 2.75) is 17.4 Å². The van der Waals surface area contributed by atoms with E-state index < -0.39 is 0 Å². The van der Waals surface area contributed by atoms with Gasteiger partial charge in [0, 0.05) is 29.6 Å². The summed E-state index contributed by atoms with van der Waals surface area (Å²) in [5.74, 6) is 0.0939. The van der Waals surface area contributed by atoms with Gasteiger partial charge in [0.25, 0.3) is 0 Å². The molecule has 1 aliphatic heterocycles. The average Bonchev–Trinajstić information content (AvgIpc) is 2.45. The van der Waals surface area contributed by atoms with E-state index in [1.165, 1.54) is 0 Å². The maximum Gasteiger partial charge on any atom is 0.228 e. The third-order valence-electron chi connectivity index (χ3n) is 2.30. The predicted octanol–water partition coefficient (Wildman–Crippen LogP) is 1.04. The van der Waals surface area contributed by atoms with Gasteiger partial charge in [-0.2, -0.15) is 0 Å². The Kier molecular flexibility index (Phi) is 2.48. The van der Waals surface area contributed by atoms with Crippen molar-refractivity contribution in [2.75, 3.05) is 11.4 Å². The summed E-state index contributed by atoms with van der Waals surface area (Å²) < 4.78 is 0. The molecule has 0 aromatic heterocycles. The van der Waals surface area contributed by atoms with Crippen molar-refractivity contribution in [3.63, 3.8) is 0 Å². The van der Waals surface area contributed by atoms with Crippen LogP contribution in [0.2, 0.25) is 0 Å². The number of hydrogen-bond donors (Lipinski definition) is 2. The van der Waals surface area contributed by atoms with Crippen molar-refractivity contribution < 1.29 is 4.79 Å². The summed E-state index contributed by atoms with van der Waals surface area (Å²) in [5.41, 5.74) is 6.59. The zero-order chi connectivity index (χ0) is 10.1. The first-order valence-electron chi connectivity index (χ1n) is 4.52. The second-order valence-electron chi connectivity index (χ2n) is 3.49. The highest BCUT2D eigenvalue weighted by Crippen LogP contribution is 2.22. The molecule has 1 aromatic carbocycles. The molecule has 2 rings (SSSR count). The van der Waals surface area contributed by atoms with Crippen LogP contribution in [0.4, 0.5) is 5.69 Å². The van der Waals surface area contributed by atoms with E-state index in [-0.39, 0.29) is 11.9 Å². The van der Waals surface area contributed by atoms with Gasteiger partial charge < -0.3 is 10.6 Å². The van der Waals surface area contributed by atoms with Crippen LogP contribution in [0.3, 0.4) is 0 Å². The lowest BCUT2D eigenvalue weighted by molar-refractivity contribution is -0.117. The van der Waals surface area contributed by atoms with Crippen LogP contribution in [0.15, 0.2) is 29.2 Å². The van der Waals surface area contributed by atoms with Crippen LogP contribution in [-0.2, 0) is 4.79 Å². The van der Waals surface area contributed by atoms with Gasteiger partial charge in [0.05, 0.1) is 0 Å². The molecule has 0 aliphatic carbocycles. The van der Waals surface area contributed by atoms with E-state index in [9.17, 15) is 4.79 Å². The Morgan fingerprint density at radius 2 is 2.29 bits per heavy atom. The van der Waals surface area contributed by atoms with E-state index >= 15 is 0 Å². The Balaban J connectivity index is 2.27. The van der Waals surface area contributed by atoms with E-state index in [1.54, 1.807) is 4.90 Å². The van der Waals surface area contributed by atoms with E-state index in [0.29, 0.717) is 13.0 Å². The van der Waals surface area contributed by atoms with Gasteiger partial charge in [-0.25, -0.2) is 0 Å². The molecule has 0 radical (unpaired) electrons. The summed E-state index contributed by atoms with van der Waals surface area (Å²) in [4.78, 5) is 14.1. The van der Waals surface area contributed by atoms with Gasteiger partial charge in [-0.15, -0.1) is 12.6 Å². The molecule has 1 aliphatic rings. The van der Waals surface area contributed by atoms with Crippen LogP contribution in [-0.4, -0.2) is 18.5 Å². The molecule has 0 bridgehead atoms. The van der Waals surface area contributed by atoms with E-state index in [2.05, 4.69) is 12.6 Å². The zero-order valence-corrected chi connectivity index (χ0v) is 8.58. The number of anilines is 1. The molecule has 0 saturated carbocycles. The molecule has 1 fully saturated rings. The minimum Gasteiger partial charge on any atom is -0.326 e. The largest absolute Gasteiger partial charge is 0.326 e. The van der Waals surface area contributed by atoms with Crippen molar-refractivity contribution in [1.82, 2.24) is 0 Å². The number of amides is 1. The molecule has 4 heteroatoms. The quantitative estimate of drug-likeness (QED) is 0.677. The van der Waals surface area contributed by atoms with Crippen molar-refractivity contribution in [2.24, 2.45) is 5.73 Å². The van der Waals surface area contributed by atoms with E-state index in [4.69, 9.17) is 5.73 Å². The van der Waals surface area contributed by atoms with Crippen LogP contribution in [0.1, 0.15) is 6.42 Å². The van der Waals surface area contributed by atoms with E-state index in [0.717, 1.165) is 10.6 Å². The van der Waals surface area contributed by atoms with Crippen LogP contribution in [0.5, 0.6) is 0 Å². The molecule has 1 unspecified atom stereocenters. The third kappa shape index (κ3) is 1.76. The molecule has 1 saturated heterocycles. The number of carbonyl (C=O) groups is 1. The highest BCUT2D eigenvalue weighted by atomic mass is 32.1. The second-order valence-corrected chi connectivity index (χ2v) is 4.00. The van der Waals surface area contributed by atoms with Gasteiger partial charge in [0.1, 0.15) is 0 Å². The van der Waals surface area contributed by atoms with Gasteiger partial charge in [-0.1, -0.05) is 6.07 Å². The Labute approximate surface area is 88.3 Å². The molecular formula is C10H12N2OS. The van der Waals surface area contributed by atoms with Gasteiger partial charge >= 0.3 is 0 Å². The molecule has 1 heterocycles. The summed E-state index contributed by atoms with van der Waals surface area (Å²) in [7, 11) is 0. The lowest BCUT2D eigenvalue weighted by Crippen LogP contribution is -2.27. The number of rotatable bonds is 1. The van der Waals surface area contributed by atoms with Crippen LogP contribution >= 0.6 is 12.6 Å². The molecule has 1 aromatic rings. The SMILES string of the molecule is NC1CC(=O)N(c2cccc(S)c2)C1. The topological polar surface area (TPSA) is 46.3 Å². The van der Waals surface area contributed by atoms with Crippen LogP contribution in [0, 0.1) is 0 Å².